The predicted molar refractivity (Wildman–Crippen MR) is 142 cm³/mol. The maximum Gasteiger partial charge on any atom is 0.165 e. The Hall–Kier alpha value is -4.84. The summed E-state index contributed by atoms with van der Waals surface area (Å²) in [5, 5.41) is 63.1. The molecule has 0 unspecified atom stereocenters. The molecule has 0 fully saturated rings. The molecule has 0 aliphatic carbocycles. The number of phenols is 6. The van der Waals surface area contributed by atoms with E-state index in [4.69, 9.17) is 0 Å². The first-order valence-corrected chi connectivity index (χ1v) is 11.8. The largest absolute Gasteiger partial charge is 0.508 e. The molecule has 37 heavy (non-hydrogen) atoms. The molecule has 0 aliphatic rings. The lowest BCUT2D eigenvalue weighted by molar-refractivity contribution is 0.403. The maximum absolute atomic E-state index is 11.1. The SMILES string of the molecule is Oc1ccc(Cc2cc3c(Cc4cccc(O)c4)c(Cc4ccc(O)cc4)c(O)c(O)c3cc2O)cc1. The molecule has 5 aromatic carbocycles. The van der Waals surface area contributed by atoms with Gasteiger partial charge in [0, 0.05) is 23.8 Å². The van der Waals surface area contributed by atoms with Crippen LogP contribution in [0.15, 0.2) is 84.9 Å². The number of hydrogen-bond donors (Lipinski definition) is 6. The van der Waals surface area contributed by atoms with Gasteiger partial charge in [0.05, 0.1) is 0 Å². The van der Waals surface area contributed by atoms with Crippen molar-refractivity contribution >= 4 is 10.8 Å². The molecule has 0 saturated heterocycles. The first-order chi connectivity index (χ1) is 17.8. The second-order valence-electron chi connectivity index (χ2n) is 9.21. The van der Waals surface area contributed by atoms with Gasteiger partial charge >= 0.3 is 0 Å². The second kappa shape index (κ2) is 9.66. The highest BCUT2D eigenvalue weighted by Gasteiger charge is 2.21. The summed E-state index contributed by atoms with van der Waals surface area (Å²) in [6.07, 6.45) is 1.04. The van der Waals surface area contributed by atoms with Crippen molar-refractivity contribution in [2.75, 3.05) is 0 Å². The van der Waals surface area contributed by atoms with Gasteiger partial charge in [0.2, 0.25) is 0 Å². The Morgan fingerprint density at radius 3 is 1.65 bits per heavy atom. The molecule has 6 heteroatoms. The average Bonchev–Trinajstić information content (AvgIpc) is 2.88. The van der Waals surface area contributed by atoms with Gasteiger partial charge < -0.3 is 30.6 Å². The highest BCUT2D eigenvalue weighted by molar-refractivity contribution is 5.96. The molecule has 6 N–H and O–H groups in total. The zero-order valence-corrected chi connectivity index (χ0v) is 19.9. The van der Waals surface area contributed by atoms with Gasteiger partial charge in [-0.1, -0.05) is 36.4 Å². The van der Waals surface area contributed by atoms with Crippen molar-refractivity contribution in [3.63, 3.8) is 0 Å². The highest BCUT2D eigenvalue weighted by Crippen LogP contribution is 2.44. The zero-order chi connectivity index (χ0) is 26.1. The summed E-state index contributed by atoms with van der Waals surface area (Å²) in [6.45, 7) is 0. The molecule has 5 rings (SSSR count). The fraction of sp³-hybridized carbons (Fsp3) is 0.0968. The normalized spacial score (nSPS) is 11.1. The van der Waals surface area contributed by atoms with Crippen LogP contribution in [-0.2, 0) is 19.3 Å². The standard InChI is InChI=1S/C31H26O6/c32-22-8-4-18(5-9-22)12-21-16-26-25(15-20-2-1-3-24(34)13-20)27(14-19-6-10-23(33)11-7-19)30(36)31(37)28(26)17-29(21)35/h1-11,13,16-17,32-37H,12,14-15H2. The topological polar surface area (TPSA) is 121 Å². The van der Waals surface area contributed by atoms with Gasteiger partial charge in [-0.25, -0.2) is 0 Å². The molecule has 0 aliphatic heterocycles. The van der Waals surface area contributed by atoms with Crippen LogP contribution in [0.1, 0.15) is 33.4 Å². The lowest BCUT2D eigenvalue weighted by Crippen LogP contribution is -2.01. The van der Waals surface area contributed by atoms with Crippen molar-refractivity contribution < 1.29 is 30.6 Å². The van der Waals surface area contributed by atoms with Crippen LogP contribution in [0.2, 0.25) is 0 Å². The van der Waals surface area contributed by atoms with Crippen LogP contribution in [0.3, 0.4) is 0 Å². The molecular formula is C31H26O6. The Bertz CT molecular complexity index is 1590. The molecule has 0 bridgehead atoms. The van der Waals surface area contributed by atoms with Gasteiger partial charge in [0.15, 0.2) is 11.5 Å². The van der Waals surface area contributed by atoms with E-state index in [0.717, 1.165) is 22.3 Å². The predicted octanol–water partition coefficient (Wildman–Crippen LogP) is 5.85. The van der Waals surface area contributed by atoms with Crippen LogP contribution in [0, 0.1) is 0 Å². The monoisotopic (exact) mass is 494 g/mol. The van der Waals surface area contributed by atoms with Crippen molar-refractivity contribution in [2.45, 2.75) is 19.3 Å². The van der Waals surface area contributed by atoms with Crippen LogP contribution in [0.25, 0.3) is 10.8 Å². The van der Waals surface area contributed by atoms with E-state index in [0.29, 0.717) is 34.7 Å². The number of fused-ring (bicyclic) bond motifs is 1. The van der Waals surface area contributed by atoms with E-state index in [1.165, 1.54) is 6.07 Å². The smallest absolute Gasteiger partial charge is 0.165 e. The third kappa shape index (κ3) is 4.95. The number of phenolic OH excluding ortho intramolecular Hbond substituents is 6. The molecular weight excluding hydrogens is 468 g/mol. The van der Waals surface area contributed by atoms with Crippen molar-refractivity contribution in [3.05, 3.63) is 118 Å². The van der Waals surface area contributed by atoms with Crippen LogP contribution in [-0.4, -0.2) is 30.6 Å². The average molecular weight is 495 g/mol. The molecule has 186 valence electrons. The van der Waals surface area contributed by atoms with E-state index in [-0.39, 0.29) is 40.9 Å². The van der Waals surface area contributed by atoms with Gasteiger partial charge in [0.1, 0.15) is 23.0 Å². The summed E-state index contributed by atoms with van der Waals surface area (Å²) >= 11 is 0. The molecule has 0 saturated carbocycles. The van der Waals surface area contributed by atoms with E-state index in [1.54, 1.807) is 66.7 Å². The van der Waals surface area contributed by atoms with Gasteiger partial charge in [-0.3, -0.25) is 0 Å². The van der Waals surface area contributed by atoms with Crippen LogP contribution < -0.4 is 0 Å². The number of rotatable bonds is 6. The van der Waals surface area contributed by atoms with E-state index < -0.39 is 0 Å². The summed E-state index contributed by atoms with van der Waals surface area (Å²) in [5.41, 5.74) is 4.40. The van der Waals surface area contributed by atoms with E-state index in [1.807, 2.05) is 12.1 Å². The van der Waals surface area contributed by atoms with Crippen LogP contribution >= 0.6 is 0 Å². The molecule has 0 aromatic heterocycles. The van der Waals surface area contributed by atoms with E-state index in [9.17, 15) is 30.6 Å². The quantitative estimate of drug-likeness (QED) is 0.165. The molecule has 0 radical (unpaired) electrons. The Kier molecular flexibility index (Phi) is 6.24. The van der Waals surface area contributed by atoms with Crippen molar-refractivity contribution in [1.82, 2.24) is 0 Å². The fourth-order valence-electron chi connectivity index (χ4n) is 4.71. The van der Waals surface area contributed by atoms with Crippen molar-refractivity contribution in [1.29, 1.82) is 0 Å². The third-order valence-electron chi connectivity index (χ3n) is 6.61. The summed E-state index contributed by atoms with van der Waals surface area (Å²) in [4.78, 5) is 0. The first kappa shape index (κ1) is 23.9. The minimum absolute atomic E-state index is 0.0233. The molecule has 0 amide bonds. The summed E-state index contributed by atoms with van der Waals surface area (Å²) in [5.74, 6) is -0.223. The first-order valence-electron chi connectivity index (χ1n) is 11.8. The van der Waals surface area contributed by atoms with Gasteiger partial charge in [-0.15, -0.1) is 0 Å². The maximum atomic E-state index is 11.1. The summed E-state index contributed by atoms with van der Waals surface area (Å²) in [7, 11) is 0. The van der Waals surface area contributed by atoms with Crippen LogP contribution in [0.5, 0.6) is 34.5 Å². The zero-order valence-electron chi connectivity index (χ0n) is 19.9. The third-order valence-corrected chi connectivity index (χ3v) is 6.61. The van der Waals surface area contributed by atoms with E-state index in [2.05, 4.69) is 0 Å². The molecule has 5 aromatic rings. The Morgan fingerprint density at radius 2 is 1.03 bits per heavy atom. The minimum atomic E-state index is -0.324. The van der Waals surface area contributed by atoms with Crippen molar-refractivity contribution in [2.24, 2.45) is 0 Å². The number of benzene rings is 5. The molecule has 6 nitrogen and oxygen atoms in total. The van der Waals surface area contributed by atoms with Crippen molar-refractivity contribution in [3.8, 4) is 34.5 Å². The lowest BCUT2D eigenvalue weighted by atomic mass is 9.87. The number of aromatic hydroxyl groups is 6. The van der Waals surface area contributed by atoms with Gasteiger partial charge in [-0.05, 0) is 88.2 Å². The second-order valence-corrected chi connectivity index (χ2v) is 9.21. The molecule has 0 atom stereocenters. The minimum Gasteiger partial charge on any atom is -0.508 e. The Labute approximate surface area is 213 Å². The summed E-state index contributed by atoms with van der Waals surface area (Å²) in [6, 6.07) is 23.5. The Morgan fingerprint density at radius 1 is 0.432 bits per heavy atom. The Balaban J connectivity index is 1.71. The van der Waals surface area contributed by atoms with Gasteiger partial charge in [0.25, 0.3) is 0 Å². The van der Waals surface area contributed by atoms with Crippen LogP contribution in [0.4, 0.5) is 0 Å². The fourth-order valence-corrected chi connectivity index (χ4v) is 4.71. The molecule has 0 heterocycles. The lowest BCUT2D eigenvalue weighted by Gasteiger charge is -2.19. The highest BCUT2D eigenvalue weighted by atomic mass is 16.3. The number of hydrogen-bond acceptors (Lipinski definition) is 6. The molecule has 0 spiro atoms. The summed E-state index contributed by atoms with van der Waals surface area (Å²) < 4.78 is 0. The van der Waals surface area contributed by atoms with E-state index >= 15 is 0 Å². The van der Waals surface area contributed by atoms with Gasteiger partial charge in [-0.2, -0.15) is 0 Å².